The Morgan fingerprint density at radius 3 is 2.30 bits per heavy atom. The molecule has 1 saturated carbocycles. The van der Waals surface area contributed by atoms with E-state index in [0.29, 0.717) is 23.9 Å². The Labute approximate surface area is 241 Å². The Balaban J connectivity index is 1.48. The van der Waals surface area contributed by atoms with Gasteiger partial charge in [-0.15, -0.1) is 0 Å². The van der Waals surface area contributed by atoms with E-state index in [-0.39, 0.29) is 41.8 Å². The van der Waals surface area contributed by atoms with Crippen LogP contribution in [0.25, 0.3) is 0 Å². The molecular formula is C32H30BrN3O4. The number of carbonyl (C=O) groups excluding carboxylic acids is 1. The minimum absolute atomic E-state index is 0.0305. The summed E-state index contributed by atoms with van der Waals surface area (Å²) in [6.45, 7) is 1.03. The third kappa shape index (κ3) is 5.11. The molecule has 1 aliphatic carbocycles. The molecule has 0 radical (unpaired) electrons. The maximum atomic E-state index is 14.1. The Bertz CT molecular complexity index is 1560. The van der Waals surface area contributed by atoms with E-state index >= 15 is 0 Å². The van der Waals surface area contributed by atoms with Crippen molar-refractivity contribution >= 4 is 21.8 Å². The molecule has 2 heterocycles. The molecule has 3 atom stereocenters. The molecule has 1 aromatic heterocycles. The van der Waals surface area contributed by atoms with E-state index in [1.54, 1.807) is 23.0 Å². The molecule has 204 valence electrons. The van der Waals surface area contributed by atoms with Gasteiger partial charge in [0.25, 0.3) is 5.91 Å². The Morgan fingerprint density at radius 2 is 1.60 bits per heavy atom. The highest BCUT2D eigenvalue weighted by Gasteiger charge is 2.43. The molecule has 1 amide bonds. The van der Waals surface area contributed by atoms with E-state index in [4.69, 9.17) is 4.74 Å². The van der Waals surface area contributed by atoms with Crippen molar-refractivity contribution in [1.29, 1.82) is 0 Å². The predicted octanol–water partition coefficient (Wildman–Crippen LogP) is 5.30. The van der Waals surface area contributed by atoms with E-state index in [2.05, 4.69) is 15.9 Å². The highest BCUT2D eigenvalue weighted by Crippen LogP contribution is 2.42. The lowest BCUT2D eigenvalue weighted by Gasteiger charge is -2.44. The third-order valence-corrected chi connectivity index (χ3v) is 8.54. The van der Waals surface area contributed by atoms with Gasteiger partial charge in [0.2, 0.25) is 5.43 Å². The first kappa shape index (κ1) is 26.2. The van der Waals surface area contributed by atoms with E-state index in [1.807, 2.05) is 82.7 Å². The molecule has 8 heteroatoms. The quantitative estimate of drug-likeness (QED) is 0.264. The van der Waals surface area contributed by atoms with Crippen LogP contribution < -0.4 is 15.2 Å². The molecule has 0 spiro atoms. The summed E-state index contributed by atoms with van der Waals surface area (Å²) >= 11 is 3.58. The number of hydrogen-bond acceptors (Lipinski definition) is 5. The average molecular weight is 601 g/mol. The van der Waals surface area contributed by atoms with Crippen LogP contribution in [0.3, 0.4) is 0 Å². The van der Waals surface area contributed by atoms with Crippen LogP contribution in [0.1, 0.15) is 39.6 Å². The van der Waals surface area contributed by atoms with E-state index < -0.39 is 6.04 Å². The number of para-hydroxylation sites is 1. The van der Waals surface area contributed by atoms with Gasteiger partial charge in [0, 0.05) is 29.7 Å². The highest BCUT2D eigenvalue weighted by molar-refractivity contribution is 9.09. The number of phenolic OH excluding ortho intramolecular Hbond substituents is 1. The Hall–Kier alpha value is -4.04. The van der Waals surface area contributed by atoms with Crippen LogP contribution >= 0.6 is 15.9 Å². The van der Waals surface area contributed by atoms with Gasteiger partial charge in [-0.25, -0.2) is 0 Å². The second kappa shape index (κ2) is 11.2. The molecule has 1 fully saturated rings. The zero-order chi connectivity index (χ0) is 27.6. The number of nitrogens with zero attached hydrogens (tertiary/aromatic N) is 3. The van der Waals surface area contributed by atoms with Crippen molar-refractivity contribution < 1.29 is 14.6 Å². The minimum atomic E-state index is -0.438. The number of halogens is 1. The summed E-state index contributed by atoms with van der Waals surface area (Å²) in [6, 6.07) is 27.7. The molecule has 7 nitrogen and oxygen atoms in total. The second-order valence-electron chi connectivity index (χ2n) is 10.4. The molecule has 0 bridgehead atoms. The van der Waals surface area contributed by atoms with Gasteiger partial charge in [0.05, 0.1) is 0 Å². The zero-order valence-electron chi connectivity index (χ0n) is 21.9. The summed E-state index contributed by atoms with van der Waals surface area (Å²) in [7, 11) is 0. The lowest BCUT2D eigenvalue weighted by molar-refractivity contribution is 0.0665. The summed E-state index contributed by atoms with van der Waals surface area (Å²) in [5.41, 5.74) is 2.39. The number of rotatable bonds is 9. The summed E-state index contributed by atoms with van der Waals surface area (Å²) in [5, 5.41) is 13.9. The van der Waals surface area contributed by atoms with Crippen molar-refractivity contribution in [2.75, 3.05) is 23.6 Å². The van der Waals surface area contributed by atoms with E-state index in [0.717, 1.165) is 22.9 Å². The molecule has 40 heavy (non-hydrogen) atoms. The number of aromatic nitrogens is 1. The number of aromatic hydroxyl groups is 1. The van der Waals surface area contributed by atoms with Crippen molar-refractivity contribution in [3.05, 3.63) is 130 Å². The number of amides is 1. The number of ether oxygens (including phenoxy) is 1. The van der Waals surface area contributed by atoms with Crippen LogP contribution in [0, 0.1) is 11.8 Å². The predicted molar refractivity (Wildman–Crippen MR) is 157 cm³/mol. The van der Waals surface area contributed by atoms with Crippen LogP contribution in [-0.4, -0.2) is 39.1 Å². The second-order valence-corrected chi connectivity index (χ2v) is 11.0. The van der Waals surface area contributed by atoms with Crippen LogP contribution in [0.15, 0.2) is 102 Å². The van der Waals surface area contributed by atoms with Gasteiger partial charge in [-0.05, 0) is 35.4 Å². The van der Waals surface area contributed by atoms with Crippen molar-refractivity contribution in [2.45, 2.75) is 19.1 Å². The molecule has 1 aliphatic heterocycles. The lowest BCUT2D eigenvalue weighted by Crippen LogP contribution is -2.56. The molecule has 0 saturated heterocycles. The van der Waals surface area contributed by atoms with Gasteiger partial charge in [-0.3, -0.25) is 19.3 Å². The van der Waals surface area contributed by atoms with Crippen LogP contribution in [-0.2, 0) is 6.61 Å². The first-order chi connectivity index (χ1) is 19.5. The minimum Gasteiger partial charge on any atom is -0.508 e. The number of benzene rings is 3. The topological polar surface area (TPSA) is 75.0 Å². The van der Waals surface area contributed by atoms with Crippen molar-refractivity contribution in [3.8, 4) is 11.5 Å². The molecule has 3 unspecified atom stereocenters. The SMILES string of the molecule is O=C1c2c(OCc3ccccc3)c(=O)ccn2N(C(c2ccccc2)c2ccccc2O)CN1CC1CC1CBr. The first-order valence-corrected chi connectivity index (χ1v) is 14.5. The van der Waals surface area contributed by atoms with Gasteiger partial charge in [0.1, 0.15) is 25.1 Å². The number of hydrogen-bond donors (Lipinski definition) is 1. The molecule has 3 aromatic carbocycles. The fourth-order valence-electron chi connectivity index (χ4n) is 5.46. The smallest absolute Gasteiger partial charge is 0.277 e. The molecule has 2 aliphatic rings. The average Bonchev–Trinajstić information content (AvgIpc) is 3.75. The number of pyridine rings is 1. The third-order valence-electron chi connectivity index (χ3n) is 7.71. The standard InChI is InChI=1S/C32H30BrN3O4/c33-18-24-17-25(24)19-34-21-36(29(23-11-5-2-6-12-23)26-13-7-8-14-27(26)37)35-16-15-28(38)31(30(35)32(34)39)40-20-22-9-3-1-4-10-22/h1-16,24-25,29,37H,17-21H2. The lowest BCUT2D eigenvalue weighted by atomic mass is 9.97. The Morgan fingerprint density at radius 1 is 0.900 bits per heavy atom. The van der Waals surface area contributed by atoms with Gasteiger partial charge < -0.3 is 14.7 Å². The summed E-state index contributed by atoms with van der Waals surface area (Å²) < 4.78 is 7.84. The summed E-state index contributed by atoms with van der Waals surface area (Å²) in [6.07, 6.45) is 2.69. The van der Waals surface area contributed by atoms with Crippen LogP contribution in [0.2, 0.25) is 0 Å². The molecule has 4 aromatic rings. The monoisotopic (exact) mass is 599 g/mol. The van der Waals surface area contributed by atoms with Crippen molar-refractivity contribution in [2.24, 2.45) is 11.8 Å². The maximum Gasteiger partial charge on any atom is 0.277 e. The van der Waals surface area contributed by atoms with E-state index in [9.17, 15) is 14.7 Å². The largest absolute Gasteiger partial charge is 0.508 e. The number of alkyl halides is 1. The summed E-state index contributed by atoms with van der Waals surface area (Å²) in [5.74, 6) is 0.869. The normalized spacial score (nSPS) is 18.8. The van der Waals surface area contributed by atoms with E-state index in [1.165, 1.54) is 6.07 Å². The maximum absolute atomic E-state index is 14.1. The Kier molecular flexibility index (Phi) is 7.34. The first-order valence-electron chi connectivity index (χ1n) is 13.4. The van der Waals surface area contributed by atoms with Gasteiger partial charge in [-0.2, -0.15) is 0 Å². The molecule has 1 N–H and O–H groups in total. The van der Waals surface area contributed by atoms with Crippen molar-refractivity contribution in [3.63, 3.8) is 0 Å². The molecule has 6 rings (SSSR count). The zero-order valence-corrected chi connectivity index (χ0v) is 23.5. The van der Waals surface area contributed by atoms with Gasteiger partial charge in [0.15, 0.2) is 11.4 Å². The molecular weight excluding hydrogens is 570 g/mol. The fourth-order valence-corrected chi connectivity index (χ4v) is 6.26. The van der Waals surface area contributed by atoms with Crippen LogP contribution in [0.5, 0.6) is 11.5 Å². The number of carbonyl (C=O) groups is 1. The van der Waals surface area contributed by atoms with Crippen molar-refractivity contribution in [1.82, 2.24) is 9.58 Å². The highest BCUT2D eigenvalue weighted by atomic mass is 79.9. The number of fused-ring (bicyclic) bond motifs is 1. The van der Waals surface area contributed by atoms with Crippen LogP contribution in [0.4, 0.5) is 0 Å². The fraction of sp³-hybridized carbons (Fsp3) is 0.250. The summed E-state index contributed by atoms with van der Waals surface area (Å²) in [4.78, 5) is 29.1. The number of phenols is 1. The van der Waals surface area contributed by atoms with Gasteiger partial charge in [-0.1, -0.05) is 94.8 Å². The van der Waals surface area contributed by atoms with Gasteiger partial charge >= 0.3 is 0 Å².